The maximum Gasteiger partial charge on any atom is 0.262 e. The van der Waals surface area contributed by atoms with Gasteiger partial charge in [-0.15, -0.1) is 0 Å². The van der Waals surface area contributed by atoms with Gasteiger partial charge in [-0.1, -0.05) is 17.7 Å². The van der Waals surface area contributed by atoms with E-state index in [1.165, 1.54) is 5.69 Å². The molecule has 0 spiro atoms. The lowest BCUT2D eigenvalue weighted by molar-refractivity contribution is -0.118. The van der Waals surface area contributed by atoms with E-state index in [4.69, 9.17) is 16.3 Å². The maximum absolute atomic E-state index is 12.2. The number of hydrogen-bond donors (Lipinski definition) is 1. The van der Waals surface area contributed by atoms with Crippen molar-refractivity contribution < 1.29 is 9.53 Å². The van der Waals surface area contributed by atoms with E-state index in [0.29, 0.717) is 10.8 Å². The van der Waals surface area contributed by atoms with Crippen LogP contribution in [0.5, 0.6) is 5.75 Å². The average Bonchev–Trinajstić information content (AvgIpc) is 2.62. The number of nitrogens with zero attached hydrogens (tertiary/aromatic N) is 2. The molecule has 1 aliphatic heterocycles. The third-order valence-corrected chi connectivity index (χ3v) is 5.02. The molecule has 1 fully saturated rings. The summed E-state index contributed by atoms with van der Waals surface area (Å²) < 4.78 is 5.63. The first-order valence-electron chi connectivity index (χ1n) is 9.15. The summed E-state index contributed by atoms with van der Waals surface area (Å²) in [4.78, 5) is 16.9. The molecule has 5 nitrogen and oxygen atoms in total. The summed E-state index contributed by atoms with van der Waals surface area (Å²) in [7, 11) is 2.14. The Morgan fingerprint density at radius 3 is 2.41 bits per heavy atom. The molecular weight excluding hydrogens is 362 g/mol. The van der Waals surface area contributed by atoms with Gasteiger partial charge >= 0.3 is 0 Å². The van der Waals surface area contributed by atoms with Crippen LogP contribution < -0.4 is 15.0 Å². The second-order valence-corrected chi connectivity index (χ2v) is 7.47. The Morgan fingerprint density at radius 2 is 1.78 bits per heavy atom. The monoisotopic (exact) mass is 387 g/mol. The first kappa shape index (κ1) is 19.5. The Bertz CT molecular complexity index is 777. The number of nitrogens with one attached hydrogen (secondary N) is 1. The fourth-order valence-corrected chi connectivity index (χ4v) is 3.62. The summed E-state index contributed by atoms with van der Waals surface area (Å²) in [6.07, 6.45) is 0. The summed E-state index contributed by atoms with van der Waals surface area (Å²) in [5, 5.41) is 3.39. The number of halogens is 1. The zero-order valence-corrected chi connectivity index (χ0v) is 16.8. The van der Waals surface area contributed by atoms with Crippen LogP contribution in [0.4, 0.5) is 11.4 Å². The molecule has 0 saturated carbocycles. The van der Waals surface area contributed by atoms with Gasteiger partial charge in [0.2, 0.25) is 0 Å². The SMILES string of the molecule is Cc1cc(C)c(OCC(=O)Nc2ccc(N3CCN(C)CC3)cc2)c(Cl)c1. The van der Waals surface area contributed by atoms with Crippen LogP contribution in [-0.4, -0.2) is 50.6 Å². The highest BCUT2D eigenvalue weighted by atomic mass is 35.5. The quantitative estimate of drug-likeness (QED) is 0.849. The van der Waals surface area contributed by atoms with Crippen molar-refractivity contribution in [2.24, 2.45) is 0 Å². The molecule has 0 radical (unpaired) electrons. The minimum absolute atomic E-state index is 0.0795. The van der Waals surface area contributed by atoms with Gasteiger partial charge < -0.3 is 19.9 Å². The van der Waals surface area contributed by atoms with Gasteiger partial charge in [0, 0.05) is 37.6 Å². The summed E-state index contributed by atoms with van der Waals surface area (Å²) in [5.41, 5.74) is 3.92. The van der Waals surface area contributed by atoms with Gasteiger partial charge in [-0.2, -0.15) is 0 Å². The Labute approximate surface area is 165 Å². The van der Waals surface area contributed by atoms with Crippen LogP contribution in [0, 0.1) is 13.8 Å². The third kappa shape index (κ3) is 5.15. The number of rotatable bonds is 5. The van der Waals surface area contributed by atoms with Crippen molar-refractivity contribution in [1.82, 2.24) is 4.90 Å². The number of ether oxygens (including phenoxy) is 1. The van der Waals surface area contributed by atoms with E-state index in [-0.39, 0.29) is 12.5 Å². The van der Waals surface area contributed by atoms with Crippen molar-refractivity contribution >= 4 is 28.9 Å². The van der Waals surface area contributed by atoms with Gasteiger partial charge in [0.15, 0.2) is 6.61 Å². The molecular formula is C21H26ClN3O2. The van der Waals surface area contributed by atoms with Gasteiger partial charge in [-0.3, -0.25) is 4.79 Å². The topological polar surface area (TPSA) is 44.8 Å². The van der Waals surface area contributed by atoms with E-state index in [2.05, 4.69) is 22.2 Å². The second-order valence-electron chi connectivity index (χ2n) is 7.07. The summed E-state index contributed by atoms with van der Waals surface area (Å²) in [5.74, 6) is 0.348. The smallest absolute Gasteiger partial charge is 0.262 e. The van der Waals surface area contributed by atoms with Gasteiger partial charge in [0.05, 0.1) is 5.02 Å². The van der Waals surface area contributed by atoms with Crippen LogP contribution in [0.3, 0.4) is 0 Å². The standard InChI is InChI=1S/C21H26ClN3O2/c1-15-12-16(2)21(19(22)13-15)27-14-20(26)23-17-4-6-18(7-5-17)25-10-8-24(3)9-11-25/h4-7,12-13H,8-11,14H2,1-3H3,(H,23,26). The molecule has 2 aromatic carbocycles. The van der Waals surface area contributed by atoms with Crippen molar-refractivity contribution in [1.29, 1.82) is 0 Å². The molecule has 1 amide bonds. The van der Waals surface area contributed by atoms with Crippen LogP contribution in [0.1, 0.15) is 11.1 Å². The molecule has 0 atom stereocenters. The maximum atomic E-state index is 12.2. The Hall–Kier alpha value is -2.24. The lowest BCUT2D eigenvalue weighted by atomic mass is 10.1. The van der Waals surface area contributed by atoms with Crippen molar-refractivity contribution in [2.45, 2.75) is 13.8 Å². The van der Waals surface area contributed by atoms with Crippen molar-refractivity contribution in [2.75, 3.05) is 50.1 Å². The number of piperazine rings is 1. The predicted octanol–water partition coefficient (Wildman–Crippen LogP) is 3.73. The molecule has 2 aromatic rings. The highest BCUT2D eigenvalue weighted by Gasteiger charge is 2.14. The van der Waals surface area contributed by atoms with Gasteiger partial charge in [-0.05, 0) is 62.4 Å². The first-order valence-corrected chi connectivity index (χ1v) is 9.53. The Balaban J connectivity index is 1.54. The number of carbonyl (C=O) groups excluding carboxylic acids is 1. The van der Waals surface area contributed by atoms with E-state index >= 15 is 0 Å². The van der Waals surface area contributed by atoms with Gasteiger partial charge in [0.25, 0.3) is 5.91 Å². The van der Waals surface area contributed by atoms with E-state index in [9.17, 15) is 4.79 Å². The van der Waals surface area contributed by atoms with Crippen LogP contribution >= 0.6 is 11.6 Å². The number of hydrogen-bond acceptors (Lipinski definition) is 4. The van der Waals surface area contributed by atoms with Gasteiger partial charge in [-0.25, -0.2) is 0 Å². The normalized spacial score (nSPS) is 14.9. The first-order chi connectivity index (χ1) is 12.9. The fourth-order valence-electron chi connectivity index (χ4n) is 3.24. The van der Waals surface area contributed by atoms with Crippen LogP contribution in [0.2, 0.25) is 5.02 Å². The lowest BCUT2D eigenvalue weighted by Gasteiger charge is -2.34. The molecule has 1 aliphatic rings. The minimum atomic E-state index is -0.210. The number of likely N-dealkylation sites (N-methyl/N-ethyl adjacent to an activating group) is 1. The van der Waals surface area contributed by atoms with E-state index < -0.39 is 0 Å². The lowest BCUT2D eigenvalue weighted by Crippen LogP contribution is -2.44. The number of carbonyl (C=O) groups is 1. The third-order valence-electron chi connectivity index (χ3n) is 4.74. The van der Waals surface area contributed by atoms with E-state index in [1.54, 1.807) is 0 Å². The molecule has 3 rings (SSSR count). The highest BCUT2D eigenvalue weighted by molar-refractivity contribution is 6.32. The summed E-state index contributed by atoms with van der Waals surface area (Å²) in [6, 6.07) is 11.8. The summed E-state index contributed by atoms with van der Waals surface area (Å²) in [6.45, 7) is 7.99. The molecule has 0 aliphatic carbocycles. The van der Waals surface area contributed by atoms with Crippen LogP contribution in [0.15, 0.2) is 36.4 Å². The molecule has 144 valence electrons. The zero-order chi connectivity index (χ0) is 19.4. The molecule has 1 saturated heterocycles. The Kier molecular flexibility index (Phi) is 6.24. The molecule has 27 heavy (non-hydrogen) atoms. The minimum Gasteiger partial charge on any atom is -0.482 e. The summed E-state index contributed by atoms with van der Waals surface area (Å²) >= 11 is 6.21. The van der Waals surface area contributed by atoms with Crippen LogP contribution in [0.25, 0.3) is 0 Å². The van der Waals surface area contributed by atoms with E-state index in [1.807, 2.05) is 50.2 Å². The Morgan fingerprint density at radius 1 is 1.11 bits per heavy atom. The highest BCUT2D eigenvalue weighted by Crippen LogP contribution is 2.29. The van der Waals surface area contributed by atoms with Gasteiger partial charge in [0.1, 0.15) is 5.75 Å². The van der Waals surface area contributed by atoms with E-state index in [0.717, 1.165) is 43.0 Å². The molecule has 0 unspecified atom stereocenters. The number of aryl methyl sites for hydroxylation is 2. The van der Waals surface area contributed by atoms with Crippen molar-refractivity contribution in [3.63, 3.8) is 0 Å². The molecule has 1 N–H and O–H groups in total. The predicted molar refractivity (Wildman–Crippen MR) is 111 cm³/mol. The largest absolute Gasteiger partial charge is 0.482 e. The van der Waals surface area contributed by atoms with Crippen molar-refractivity contribution in [3.8, 4) is 5.75 Å². The number of anilines is 2. The van der Waals surface area contributed by atoms with Crippen molar-refractivity contribution in [3.05, 3.63) is 52.5 Å². The number of amides is 1. The number of benzene rings is 2. The second kappa shape index (κ2) is 8.63. The zero-order valence-electron chi connectivity index (χ0n) is 16.1. The average molecular weight is 388 g/mol. The molecule has 0 aromatic heterocycles. The van der Waals surface area contributed by atoms with Crippen LogP contribution in [-0.2, 0) is 4.79 Å². The molecule has 0 bridgehead atoms. The molecule has 6 heteroatoms. The molecule has 1 heterocycles. The fraction of sp³-hybridized carbons (Fsp3) is 0.381.